The Kier molecular flexibility index (Phi) is 6.00. The van der Waals surface area contributed by atoms with Crippen LogP contribution in [0.15, 0.2) is 52.8 Å². The van der Waals surface area contributed by atoms with Crippen LogP contribution < -0.4 is 15.4 Å². The second kappa shape index (κ2) is 9.22. The molecule has 1 aliphatic carbocycles. The van der Waals surface area contributed by atoms with Crippen molar-refractivity contribution in [2.24, 2.45) is 22.0 Å². The van der Waals surface area contributed by atoms with Crippen molar-refractivity contribution in [1.29, 1.82) is 5.53 Å². The number of benzene rings is 2. The molecule has 9 heteroatoms. The van der Waals surface area contributed by atoms with E-state index in [1.54, 1.807) is 11.3 Å². The fourth-order valence-electron chi connectivity index (χ4n) is 4.01. The fourth-order valence-corrected chi connectivity index (χ4v) is 5.02. The Labute approximate surface area is 191 Å². The highest BCUT2D eigenvalue weighted by atomic mass is 32.1. The van der Waals surface area contributed by atoms with Crippen molar-refractivity contribution in [3.63, 3.8) is 0 Å². The zero-order valence-electron chi connectivity index (χ0n) is 17.9. The van der Waals surface area contributed by atoms with Gasteiger partial charge in [0.25, 0.3) is 0 Å². The molecule has 0 bridgehead atoms. The van der Waals surface area contributed by atoms with Crippen molar-refractivity contribution < 1.29 is 4.74 Å². The predicted octanol–water partition coefficient (Wildman–Crippen LogP) is 4.06. The summed E-state index contributed by atoms with van der Waals surface area (Å²) in [5.41, 5.74) is 16.0. The molecule has 8 nitrogen and oxygen atoms in total. The number of nitrogens with two attached hydrogens (primary N) is 1. The number of amidine groups is 1. The molecule has 0 atom stereocenters. The molecule has 0 radical (unpaired) electrons. The number of para-hydroxylation sites is 1. The van der Waals surface area contributed by atoms with Crippen molar-refractivity contribution in [1.82, 2.24) is 9.88 Å². The van der Waals surface area contributed by atoms with Gasteiger partial charge in [-0.2, -0.15) is 5.53 Å². The third-order valence-corrected chi connectivity index (χ3v) is 7.02. The van der Waals surface area contributed by atoms with Crippen LogP contribution in [-0.4, -0.2) is 48.5 Å². The minimum Gasteiger partial charge on any atom is -0.493 e. The Bertz CT molecular complexity index is 1100. The Morgan fingerprint density at radius 3 is 2.72 bits per heavy atom. The first-order chi connectivity index (χ1) is 15.7. The molecule has 0 amide bonds. The normalized spacial score (nSPS) is 17.6. The zero-order chi connectivity index (χ0) is 21.9. The Hall–Kier alpha value is -3.04. The molecule has 1 saturated carbocycles. The molecule has 2 aliphatic rings. The van der Waals surface area contributed by atoms with Crippen LogP contribution in [0.1, 0.15) is 23.4 Å². The van der Waals surface area contributed by atoms with E-state index in [0.29, 0.717) is 5.92 Å². The van der Waals surface area contributed by atoms with Gasteiger partial charge in [0.2, 0.25) is 0 Å². The molecule has 1 aliphatic heterocycles. The van der Waals surface area contributed by atoms with Gasteiger partial charge in [0.15, 0.2) is 5.84 Å². The lowest BCUT2D eigenvalue weighted by molar-refractivity contribution is 0.249. The Balaban J connectivity index is 1.28. The van der Waals surface area contributed by atoms with Gasteiger partial charge in [0.1, 0.15) is 10.8 Å². The van der Waals surface area contributed by atoms with Gasteiger partial charge in [-0.25, -0.2) is 4.98 Å². The minimum atomic E-state index is 0.251. The smallest absolute Gasteiger partial charge is 0.157 e. The standard InChI is InChI=1S/C23H27N7OS/c24-23(27-28-25)18-8-7-17(31-15-16-5-6-16)13-20(18)30-11-9-29(10-12-30)14-22-26-19-3-1-2-4-21(19)32-22/h1-4,7-8,13,16H,5-6,9-12,14-15H2,(H3,24,25,27). The fraction of sp³-hybridized carbons (Fsp3) is 0.391. The van der Waals surface area contributed by atoms with E-state index in [4.69, 9.17) is 21.0 Å². The molecular formula is C23H27N7OS. The molecule has 1 saturated heterocycles. The second-order valence-electron chi connectivity index (χ2n) is 8.36. The van der Waals surface area contributed by atoms with Crippen molar-refractivity contribution >= 4 is 33.1 Å². The van der Waals surface area contributed by atoms with Crippen molar-refractivity contribution in [2.75, 3.05) is 37.7 Å². The number of nitrogens with one attached hydrogen (secondary N) is 1. The number of hydrogen-bond donors (Lipinski definition) is 2. The molecule has 5 rings (SSSR count). The van der Waals surface area contributed by atoms with E-state index in [2.05, 4.69) is 38.3 Å². The Morgan fingerprint density at radius 2 is 1.97 bits per heavy atom. The number of nitrogens with zero attached hydrogens (tertiary/aromatic N) is 5. The predicted molar refractivity (Wildman–Crippen MR) is 128 cm³/mol. The maximum atomic E-state index is 7.04. The molecule has 0 spiro atoms. The lowest BCUT2D eigenvalue weighted by Gasteiger charge is -2.36. The molecule has 166 valence electrons. The first-order valence-corrected chi connectivity index (χ1v) is 11.8. The summed E-state index contributed by atoms with van der Waals surface area (Å²) in [7, 11) is 0. The highest BCUT2D eigenvalue weighted by molar-refractivity contribution is 7.18. The van der Waals surface area contributed by atoms with Gasteiger partial charge >= 0.3 is 0 Å². The van der Waals surface area contributed by atoms with E-state index in [9.17, 15) is 0 Å². The third-order valence-electron chi connectivity index (χ3n) is 6.00. The molecule has 2 aromatic carbocycles. The van der Waals surface area contributed by atoms with E-state index in [1.165, 1.54) is 17.5 Å². The molecule has 2 fully saturated rings. The van der Waals surface area contributed by atoms with Gasteiger partial charge in [-0.3, -0.25) is 4.90 Å². The van der Waals surface area contributed by atoms with Crippen LogP contribution in [-0.2, 0) is 6.54 Å². The molecule has 3 N–H and O–H groups in total. The van der Waals surface area contributed by atoms with Crippen molar-refractivity contribution in [3.8, 4) is 5.75 Å². The number of aromatic nitrogens is 1. The number of hydrogen-bond acceptors (Lipinski definition) is 7. The van der Waals surface area contributed by atoms with Gasteiger partial charge in [0.05, 0.1) is 29.1 Å². The van der Waals surface area contributed by atoms with Gasteiger partial charge in [-0.05, 0) is 43.0 Å². The maximum Gasteiger partial charge on any atom is 0.157 e. The van der Waals surface area contributed by atoms with E-state index < -0.39 is 0 Å². The Morgan fingerprint density at radius 1 is 1.16 bits per heavy atom. The number of fused-ring (bicyclic) bond motifs is 1. The van der Waals surface area contributed by atoms with E-state index in [-0.39, 0.29) is 5.84 Å². The first-order valence-electron chi connectivity index (χ1n) is 11.0. The molecular weight excluding hydrogens is 422 g/mol. The van der Waals surface area contributed by atoms with Crippen molar-refractivity contribution in [2.45, 2.75) is 19.4 Å². The van der Waals surface area contributed by atoms with Crippen molar-refractivity contribution in [3.05, 3.63) is 53.0 Å². The zero-order valence-corrected chi connectivity index (χ0v) is 18.7. The molecule has 2 heterocycles. The summed E-state index contributed by atoms with van der Waals surface area (Å²) in [4.78, 5) is 9.54. The highest BCUT2D eigenvalue weighted by Gasteiger charge is 2.24. The average molecular weight is 450 g/mol. The lowest BCUT2D eigenvalue weighted by atomic mass is 10.1. The summed E-state index contributed by atoms with van der Waals surface area (Å²) in [6.45, 7) is 5.24. The maximum absolute atomic E-state index is 7.04. The monoisotopic (exact) mass is 449 g/mol. The largest absolute Gasteiger partial charge is 0.493 e. The third kappa shape index (κ3) is 4.73. The van der Waals surface area contributed by atoms with Crippen LogP contribution in [0, 0.1) is 11.4 Å². The first kappa shape index (κ1) is 20.8. The number of piperazine rings is 1. The van der Waals surface area contributed by atoms with E-state index >= 15 is 0 Å². The number of thiazole rings is 1. The topological polar surface area (TPSA) is 103 Å². The highest BCUT2D eigenvalue weighted by Crippen LogP contribution is 2.32. The van der Waals surface area contributed by atoms with Crippen LogP contribution in [0.2, 0.25) is 0 Å². The summed E-state index contributed by atoms with van der Waals surface area (Å²) in [5, 5.41) is 8.03. The number of anilines is 1. The number of rotatable bonds is 8. The molecule has 1 aromatic heterocycles. The van der Waals surface area contributed by atoms with E-state index in [0.717, 1.165) is 66.9 Å². The number of ether oxygens (including phenoxy) is 1. The molecule has 3 aromatic rings. The summed E-state index contributed by atoms with van der Waals surface area (Å²) in [6, 6.07) is 14.2. The van der Waals surface area contributed by atoms with Gasteiger partial charge < -0.3 is 15.4 Å². The molecule has 32 heavy (non-hydrogen) atoms. The minimum absolute atomic E-state index is 0.251. The summed E-state index contributed by atoms with van der Waals surface area (Å²) >= 11 is 1.77. The van der Waals surface area contributed by atoms with Crippen LogP contribution >= 0.6 is 11.3 Å². The quantitative estimate of drug-likeness (QED) is 0.234. The van der Waals surface area contributed by atoms with Gasteiger partial charge in [0, 0.05) is 37.8 Å². The average Bonchev–Trinajstić information content (AvgIpc) is 3.56. The SMILES string of the molecule is N=N/N=C(\N)c1ccc(OCC2CC2)cc1N1CCN(Cc2nc3ccccc3s2)CC1. The molecule has 0 unspecified atom stereocenters. The second-order valence-corrected chi connectivity index (χ2v) is 9.47. The van der Waals surface area contributed by atoms with E-state index in [1.807, 2.05) is 24.3 Å². The summed E-state index contributed by atoms with van der Waals surface area (Å²) < 4.78 is 7.24. The van der Waals surface area contributed by atoms with Crippen LogP contribution in [0.25, 0.3) is 10.2 Å². The lowest BCUT2D eigenvalue weighted by Crippen LogP contribution is -2.46. The summed E-state index contributed by atoms with van der Waals surface area (Å²) in [5.74, 6) is 1.79. The van der Waals surface area contributed by atoms with Crippen LogP contribution in [0.4, 0.5) is 5.69 Å². The van der Waals surface area contributed by atoms with Crippen LogP contribution in [0.3, 0.4) is 0 Å². The van der Waals surface area contributed by atoms with Gasteiger partial charge in [-0.15, -0.1) is 16.4 Å². The summed E-state index contributed by atoms with van der Waals surface area (Å²) in [6.07, 6.45) is 2.51. The van der Waals surface area contributed by atoms with Crippen LogP contribution in [0.5, 0.6) is 5.75 Å². The van der Waals surface area contributed by atoms with Gasteiger partial charge in [-0.1, -0.05) is 17.4 Å².